The molecule has 0 amide bonds. The molecule has 7 nitrogen and oxygen atoms in total. The van der Waals surface area contributed by atoms with E-state index in [-0.39, 0.29) is 25.9 Å². The van der Waals surface area contributed by atoms with Crippen molar-refractivity contribution < 1.29 is 24.2 Å². The summed E-state index contributed by atoms with van der Waals surface area (Å²) in [4.78, 5) is 35.6. The quantitative estimate of drug-likeness (QED) is 0.467. The van der Waals surface area contributed by atoms with Crippen LogP contribution in [0.2, 0.25) is 0 Å². The van der Waals surface area contributed by atoms with Crippen molar-refractivity contribution in [3.8, 4) is 0 Å². The van der Waals surface area contributed by atoms with Crippen molar-refractivity contribution >= 4 is 11.9 Å². The van der Waals surface area contributed by atoms with E-state index < -0.39 is 29.3 Å². The van der Waals surface area contributed by atoms with Crippen LogP contribution in [0.25, 0.3) is 0 Å². The fourth-order valence-electron chi connectivity index (χ4n) is 3.80. The molecule has 29 heavy (non-hydrogen) atoms. The minimum Gasteiger partial charge on any atom is -0.481 e. The number of ether oxygens (including phenoxy) is 2. The Morgan fingerprint density at radius 2 is 1.79 bits per heavy atom. The van der Waals surface area contributed by atoms with Crippen molar-refractivity contribution in [2.75, 3.05) is 19.8 Å². The van der Waals surface area contributed by atoms with Crippen molar-refractivity contribution in [3.63, 3.8) is 0 Å². The summed E-state index contributed by atoms with van der Waals surface area (Å²) in [7, 11) is 0. The smallest absolute Gasteiger partial charge is 0.313 e. The number of hydrogen-bond acceptors (Lipinski definition) is 6. The Hall–Kier alpha value is -2.28. The zero-order valence-electron chi connectivity index (χ0n) is 17.4. The summed E-state index contributed by atoms with van der Waals surface area (Å²) in [5, 5.41) is 12.7. The third kappa shape index (κ3) is 6.10. The highest BCUT2D eigenvalue weighted by Crippen LogP contribution is 2.35. The lowest BCUT2D eigenvalue weighted by atomic mass is 9.77. The SMILES string of the molecule is CC(C)Cc1ccc(C(C)C(=O)OCCC(C(=O)O)C2(N=O)CCOCC2)cc1. The summed E-state index contributed by atoms with van der Waals surface area (Å²) in [6.07, 6.45) is 1.56. The van der Waals surface area contributed by atoms with Crippen LogP contribution in [0, 0.1) is 16.7 Å². The molecule has 0 bridgehead atoms. The van der Waals surface area contributed by atoms with Crippen molar-refractivity contribution in [1.82, 2.24) is 0 Å². The zero-order valence-corrected chi connectivity index (χ0v) is 17.4. The molecule has 1 aliphatic heterocycles. The van der Waals surface area contributed by atoms with E-state index in [2.05, 4.69) is 19.0 Å². The second-order valence-corrected chi connectivity index (χ2v) is 8.22. The fourth-order valence-corrected chi connectivity index (χ4v) is 3.80. The molecule has 2 rings (SSSR count). The van der Waals surface area contributed by atoms with Gasteiger partial charge in [0.1, 0.15) is 5.54 Å². The molecule has 160 valence electrons. The maximum absolute atomic E-state index is 12.4. The second kappa shape index (κ2) is 10.5. The Labute approximate surface area is 171 Å². The summed E-state index contributed by atoms with van der Waals surface area (Å²) in [6.45, 7) is 6.62. The summed E-state index contributed by atoms with van der Waals surface area (Å²) in [5.41, 5.74) is 0.874. The molecule has 1 aliphatic rings. The zero-order chi connectivity index (χ0) is 21.4. The maximum atomic E-state index is 12.4. The molecule has 2 atom stereocenters. The number of benzene rings is 1. The Bertz CT molecular complexity index is 694. The summed E-state index contributed by atoms with van der Waals surface area (Å²) < 4.78 is 10.6. The van der Waals surface area contributed by atoms with Crippen LogP contribution in [0.1, 0.15) is 57.1 Å². The number of aliphatic carboxylic acids is 1. The predicted octanol–water partition coefficient (Wildman–Crippen LogP) is 3.94. The van der Waals surface area contributed by atoms with Gasteiger partial charge in [0.25, 0.3) is 0 Å². The van der Waals surface area contributed by atoms with Crippen LogP contribution >= 0.6 is 0 Å². The van der Waals surface area contributed by atoms with E-state index in [0.29, 0.717) is 19.1 Å². The fraction of sp³-hybridized carbons (Fsp3) is 0.636. The van der Waals surface area contributed by atoms with Crippen molar-refractivity contribution in [3.05, 3.63) is 40.3 Å². The van der Waals surface area contributed by atoms with E-state index in [1.54, 1.807) is 6.92 Å². The van der Waals surface area contributed by atoms with Crippen LogP contribution in [-0.4, -0.2) is 42.4 Å². The number of carbonyl (C=O) groups excluding carboxylic acids is 1. The number of carboxylic acids is 1. The minimum absolute atomic E-state index is 0.0485. The predicted molar refractivity (Wildman–Crippen MR) is 109 cm³/mol. The summed E-state index contributed by atoms with van der Waals surface area (Å²) in [6, 6.07) is 7.89. The van der Waals surface area contributed by atoms with Gasteiger partial charge in [-0.25, -0.2) is 0 Å². The van der Waals surface area contributed by atoms with E-state index >= 15 is 0 Å². The van der Waals surface area contributed by atoms with Crippen LogP contribution in [-0.2, 0) is 25.5 Å². The van der Waals surface area contributed by atoms with Gasteiger partial charge in [-0.05, 0) is 36.8 Å². The largest absolute Gasteiger partial charge is 0.481 e. The summed E-state index contributed by atoms with van der Waals surface area (Å²) >= 11 is 0. The number of esters is 1. The first-order valence-electron chi connectivity index (χ1n) is 10.2. The lowest BCUT2D eigenvalue weighted by molar-refractivity contribution is -0.151. The van der Waals surface area contributed by atoms with Crippen LogP contribution in [0.4, 0.5) is 0 Å². The van der Waals surface area contributed by atoms with E-state index in [0.717, 1.165) is 12.0 Å². The van der Waals surface area contributed by atoms with Gasteiger partial charge in [-0.1, -0.05) is 43.3 Å². The van der Waals surface area contributed by atoms with Gasteiger partial charge >= 0.3 is 11.9 Å². The van der Waals surface area contributed by atoms with Crippen LogP contribution in [0.15, 0.2) is 29.4 Å². The van der Waals surface area contributed by atoms with Crippen molar-refractivity contribution in [2.24, 2.45) is 17.0 Å². The molecular formula is C22H31NO6. The first-order chi connectivity index (χ1) is 13.8. The Morgan fingerprint density at radius 1 is 1.17 bits per heavy atom. The molecule has 1 aromatic rings. The Kier molecular flexibility index (Phi) is 8.32. The molecule has 0 aliphatic carbocycles. The van der Waals surface area contributed by atoms with Crippen molar-refractivity contribution in [1.29, 1.82) is 0 Å². The highest BCUT2D eigenvalue weighted by Gasteiger charge is 2.46. The molecule has 1 saturated heterocycles. The van der Waals surface area contributed by atoms with Gasteiger partial charge in [0.15, 0.2) is 0 Å². The molecule has 1 N–H and O–H groups in total. The van der Waals surface area contributed by atoms with E-state index in [9.17, 15) is 19.6 Å². The van der Waals surface area contributed by atoms with Gasteiger partial charge in [0.05, 0.1) is 18.4 Å². The molecule has 1 heterocycles. The lowest BCUT2D eigenvalue weighted by Crippen LogP contribution is -2.45. The van der Waals surface area contributed by atoms with Crippen LogP contribution in [0.3, 0.4) is 0 Å². The van der Waals surface area contributed by atoms with Gasteiger partial charge in [0, 0.05) is 26.1 Å². The molecule has 7 heteroatoms. The molecule has 2 unspecified atom stereocenters. The third-order valence-corrected chi connectivity index (χ3v) is 5.62. The number of rotatable bonds is 10. The number of carbonyl (C=O) groups is 2. The first kappa shape index (κ1) is 23.0. The highest BCUT2D eigenvalue weighted by atomic mass is 16.5. The molecule has 0 saturated carbocycles. The van der Waals surface area contributed by atoms with Gasteiger partial charge in [-0.3, -0.25) is 9.59 Å². The standard InChI is InChI=1S/C22H31NO6/c1-15(2)14-17-4-6-18(7-5-17)16(3)21(26)29-11-8-19(20(24)25)22(23-27)9-12-28-13-10-22/h4-7,15-16,19H,8-14H2,1-3H3,(H,24,25). The van der Waals surface area contributed by atoms with E-state index in [4.69, 9.17) is 9.47 Å². The molecule has 0 spiro atoms. The topological polar surface area (TPSA) is 102 Å². The molecule has 0 radical (unpaired) electrons. The normalized spacial score (nSPS) is 18.1. The monoisotopic (exact) mass is 405 g/mol. The second-order valence-electron chi connectivity index (χ2n) is 8.22. The number of hydrogen-bond donors (Lipinski definition) is 1. The van der Waals surface area contributed by atoms with Gasteiger partial charge in [0.2, 0.25) is 0 Å². The van der Waals surface area contributed by atoms with E-state index in [1.165, 1.54) is 5.56 Å². The minimum atomic E-state index is -1.20. The molecule has 0 aromatic heterocycles. The number of nitroso groups, excluding NO2 is 1. The molecular weight excluding hydrogens is 374 g/mol. The first-order valence-corrected chi connectivity index (χ1v) is 10.2. The van der Waals surface area contributed by atoms with Crippen LogP contribution in [0.5, 0.6) is 0 Å². The maximum Gasteiger partial charge on any atom is 0.313 e. The van der Waals surface area contributed by atoms with Gasteiger partial charge < -0.3 is 14.6 Å². The van der Waals surface area contributed by atoms with Gasteiger partial charge in [-0.15, -0.1) is 0 Å². The summed E-state index contributed by atoms with van der Waals surface area (Å²) in [5.74, 6) is -2.40. The van der Waals surface area contributed by atoms with Crippen molar-refractivity contribution in [2.45, 2.75) is 57.9 Å². The van der Waals surface area contributed by atoms with Crippen LogP contribution < -0.4 is 0 Å². The molecule has 1 fully saturated rings. The highest BCUT2D eigenvalue weighted by molar-refractivity contribution is 5.77. The lowest BCUT2D eigenvalue weighted by Gasteiger charge is -2.35. The average molecular weight is 405 g/mol. The number of carboxylic acid groups (broad SMARTS) is 1. The van der Waals surface area contributed by atoms with Gasteiger partial charge in [-0.2, -0.15) is 4.91 Å². The van der Waals surface area contributed by atoms with E-state index in [1.807, 2.05) is 24.3 Å². The number of nitrogens with zero attached hydrogens (tertiary/aromatic N) is 1. The average Bonchev–Trinajstić information content (AvgIpc) is 2.70. The Balaban J connectivity index is 1.92. The third-order valence-electron chi connectivity index (χ3n) is 5.62. The Morgan fingerprint density at radius 3 is 2.31 bits per heavy atom. The molecule has 1 aromatic carbocycles.